The van der Waals surface area contributed by atoms with E-state index in [0.29, 0.717) is 28.2 Å². The van der Waals surface area contributed by atoms with Crippen LogP contribution in [0.15, 0.2) is 53.8 Å². The molecule has 5 aromatic rings. The summed E-state index contributed by atoms with van der Waals surface area (Å²) in [7, 11) is 0. The van der Waals surface area contributed by atoms with Crippen LogP contribution in [-0.2, 0) is 0 Å². The molecule has 1 unspecified atom stereocenters. The molecule has 0 amide bonds. The lowest BCUT2D eigenvalue weighted by molar-refractivity contribution is 0.592. The molecule has 0 saturated carbocycles. The van der Waals surface area contributed by atoms with Crippen LogP contribution in [0.25, 0.3) is 28.3 Å². The minimum absolute atomic E-state index is 0.280. The lowest BCUT2D eigenvalue weighted by atomic mass is 10.2. The maximum absolute atomic E-state index is 13.7. The fraction of sp³-hybridized carbons (Fsp3) is 0.105. The summed E-state index contributed by atoms with van der Waals surface area (Å²) >= 11 is 0. The lowest BCUT2D eigenvalue weighted by Crippen LogP contribution is -2.22. The van der Waals surface area contributed by atoms with Crippen LogP contribution in [0.1, 0.15) is 18.7 Å². The third kappa shape index (κ3) is 2.76. The summed E-state index contributed by atoms with van der Waals surface area (Å²) in [5.74, 6) is -0.605. The van der Waals surface area contributed by atoms with Gasteiger partial charge in [0.25, 0.3) is 0 Å². The number of imidazole rings is 2. The Balaban J connectivity index is 1.68. The Kier molecular flexibility index (Phi) is 3.73. The van der Waals surface area contributed by atoms with Crippen LogP contribution in [0.5, 0.6) is 0 Å². The molecule has 1 atom stereocenters. The highest BCUT2D eigenvalue weighted by Gasteiger charge is 2.19. The van der Waals surface area contributed by atoms with E-state index in [1.165, 1.54) is 45.8 Å². The maximum atomic E-state index is 13.7. The van der Waals surface area contributed by atoms with Gasteiger partial charge in [0.2, 0.25) is 0 Å². The van der Waals surface area contributed by atoms with E-state index in [1.807, 2.05) is 0 Å². The van der Waals surface area contributed by atoms with E-state index in [4.69, 9.17) is 0 Å². The predicted molar refractivity (Wildman–Crippen MR) is 100 cm³/mol. The van der Waals surface area contributed by atoms with Crippen LogP contribution >= 0.6 is 0 Å². The SMILES string of the molecule is CC(c1ccc(F)cn1)n1c(=O)[nH]c2cnc(-c3cnc4ccc(F)cn34)nc21. The van der Waals surface area contributed by atoms with Crippen molar-refractivity contribution >= 4 is 16.8 Å². The molecular weight excluding hydrogens is 380 g/mol. The van der Waals surface area contributed by atoms with Gasteiger partial charge in [-0.3, -0.25) is 14.0 Å². The van der Waals surface area contributed by atoms with Gasteiger partial charge in [0.15, 0.2) is 11.5 Å². The highest BCUT2D eigenvalue weighted by molar-refractivity contribution is 5.73. The maximum Gasteiger partial charge on any atom is 0.328 e. The molecule has 0 aliphatic heterocycles. The van der Waals surface area contributed by atoms with E-state index in [-0.39, 0.29) is 5.82 Å². The number of rotatable bonds is 3. The summed E-state index contributed by atoms with van der Waals surface area (Å²) in [5, 5.41) is 0. The highest BCUT2D eigenvalue weighted by atomic mass is 19.1. The zero-order valence-corrected chi connectivity index (χ0v) is 15.0. The number of aromatic nitrogens is 7. The molecule has 144 valence electrons. The Morgan fingerprint density at radius 1 is 1.00 bits per heavy atom. The van der Waals surface area contributed by atoms with E-state index in [9.17, 15) is 13.6 Å². The van der Waals surface area contributed by atoms with E-state index in [2.05, 4.69) is 24.9 Å². The van der Waals surface area contributed by atoms with Crippen LogP contribution in [-0.4, -0.2) is 33.9 Å². The van der Waals surface area contributed by atoms with Gasteiger partial charge in [0.1, 0.15) is 28.5 Å². The van der Waals surface area contributed by atoms with Gasteiger partial charge in [-0.15, -0.1) is 0 Å². The Bertz CT molecular complexity index is 1420. The van der Waals surface area contributed by atoms with E-state index >= 15 is 0 Å². The first kappa shape index (κ1) is 17.2. The third-order valence-corrected chi connectivity index (χ3v) is 4.72. The standard InChI is InChI=1S/C19H13F2N7O/c1-10(13-4-2-11(20)6-22-13)28-18-14(25-19(28)29)7-24-17(26-18)15-8-23-16-5-3-12(21)9-27(15)16/h2-10H,1H3,(H,25,29). The first-order chi connectivity index (χ1) is 14.0. The molecule has 0 saturated heterocycles. The quantitative estimate of drug-likeness (QED) is 0.509. The van der Waals surface area contributed by atoms with Crippen molar-refractivity contribution in [3.05, 3.63) is 76.9 Å². The van der Waals surface area contributed by atoms with Crippen molar-refractivity contribution in [3.8, 4) is 11.5 Å². The molecule has 0 fully saturated rings. The van der Waals surface area contributed by atoms with Gasteiger partial charge in [0.05, 0.1) is 30.3 Å². The fourth-order valence-corrected chi connectivity index (χ4v) is 3.29. The number of nitrogens with zero attached hydrogens (tertiary/aromatic N) is 6. The summed E-state index contributed by atoms with van der Waals surface area (Å²) in [6.07, 6.45) is 5.41. The minimum Gasteiger partial charge on any atom is -0.303 e. The zero-order chi connectivity index (χ0) is 20.1. The molecule has 0 spiro atoms. The van der Waals surface area contributed by atoms with Gasteiger partial charge in [-0.1, -0.05) is 0 Å². The van der Waals surface area contributed by atoms with Crippen molar-refractivity contribution in [2.75, 3.05) is 0 Å². The largest absolute Gasteiger partial charge is 0.328 e. The van der Waals surface area contributed by atoms with Gasteiger partial charge in [-0.25, -0.2) is 28.5 Å². The molecule has 5 rings (SSSR count). The second-order valence-electron chi connectivity index (χ2n) is 6.53. The van der Waals surface area contributed by atoms with Crippen LogP contribution in [0.4, 0.5) is 8.78 Å². The van der Waals surface area contributed by atoms with Crippen molar-refractivity contribution < 1.29 is 8.78 Å². The van der Waals surface area contributed by atoms with Crippen molar-refractivity contribution in [2.45, 2.75) is 13.0 Å². The second kappa shape index (κ2) is 6.30. The number of halogens is 2. The average Bonchev–Trinajstić information content (AvgIpc) is 3.27. The number of fused-ring (bicyclic) bond motifs is 2. The molecule has 0 aromatic carbocycles. The molecule has 0 radical (unpaired) electrons. The normalized spacial score (nSPS) is 12.7. The minimum atomic E-state index is -0.501. The summed E-state index contributed by atoms with van der Waals surface area (Å²) in [5.41, 5.74) is 1.92. The predicted octanol–water partition coefficient (Wildman–Crippen LogP) is 2.72. The van der Waals surface area contributed by atoms with E-state index in [1.54, 1.807) is 13.0 Å². The zero-order valence-electron chi connectivity index (χ0n) is 15.0. The van der Waals surface area contributed by atoms with Crippen molar-refractivity contribution in [2.24, 2.45) is 0 Å². The van der Waals surface area contributed by atoms with Gasteiger partial charge >= 0.3 is 5.69 Å². The van der Waals surface area contributed by atoms with Crippen LogP contribution < -0.4 is 5.69 Å². The van der Waals surface area contributed by atoms with Gasteiger partial charge < -0.3 is 4.98 Å². The molecule has 0 aliphatic carbocycles. The topological polar surface area (TPSA) is 93.8 Å². The van der Waals surface area contributed by atoms with Crippen LogP contribution in [0.3, 0.4) is 0 Å². The molecule has 10 heteroatoms. The smallest absolute Gasteiger partial charge is 0.303 e. The summed E-state index contributed by atoms with van der Waals surface area (Å²) in [6, 6.07) is 5.16. The van der Waals surface area contributed by atoms with Crippen LogP contribution in [0.2, 0.25) is 0 Å². The lowest BCUT2D eigenvalue weighted by Gasteiger charge is -2.12. The number of hydrogen-bond acceptors (Lipinski definition) is 5. The van der Waals surface area contributed by atoms with Gasteiger partial charge in [-0.05, 0) is 31.2 Å². The highest BCUT2D eigenvalue weighted by Crippen LogP contribution is 2.22. The Hall–Kier alpha value is -3.95. The number of nitrogens with one attached hydrogen (secondary N) is 1. The first-order valence-electron chi connectivity index (χ1n) is 8.73. The van der Waals surface area contributed by atoms with Crippen molar-refractivity contribution in [3.63, 3.8) is 0 Å². The second-order valence-corrected chi connectivity index (χ2v) is 6.53. The summed E-state index contributed by atoms with van der Waals surface area (Å²) in [4.78, 5) is 32.3. The fourth-order valence-electron chi connectivity index (χ4n) is 3.29. The molecule has 1 N–H and O–H groups in total. The van der Waals surface area contributed by atoms with E-state index < -0.39 is 23.4 Å². The van der Waals surface area contributed by atoms with Gasteiger partial charge in [0, 0.05) is 6.20 Å². The molecule has 8 nitrogen and oxygen atoms in total. The Labute approximate surface area is 161 Å². The number of pyridine rings is 2. The monoisotopic (exact) mass is 393 g/mol. The Morgan fingerprint density at radius 2 is 1.83 bits per heavy atom. The number of H-pyrrole nitrogens is 1. The molecule has 0 bridgehead atoms. The van der Waals surface area contributed by atoms with Crippen LogP contribution in [0, 0.1) is 11.6 Å². The molecule has 0 aliphatic rings. The molecule has 29 heavy (non-hydrogen) atoms. The first-order valence-corrected chi connectivity index (χ1v) is 8.73. The van der Waals surface area contributed by atoms with E-state index in [0.717, 1.165) is 6.20 Å². The Morgan fingerprint density at radius 3 is 2.62 bits per heavy atom. The summed E-state index contributed by atoms with van der Waals surface area (Å²) < 4.78 is 29.8. The number of hydrogen-bond donors (Lipinski definition) is 1. The molecule has 5 aromatic heterocycles. The molecular formula is C19H13F2N7O. The molecule has 5 heterocycles. The average molecular weight is 393 g/mol. The summed E-state index contributed by atoms with van der Waals surface area (Å²) in [6.45, 7) is 1.76. The van der Waals surface area contributed by atoms with Gasteiger partial charge in [-0.2, -0.15) is 0 Å². The number of aromatic amines is 1. The van der Waals surface area contributed by atoms with Crippen molar-refractivity contribution in [1.82, 2.24) is 33.9 Å². The third-order valence-electron chi connectivity index (χ3n) is 4.72. The van der Waals surface area contributed by atoms with Crippen molar-refractivity contribution in [1.29, 1.82) is 0 Å².